The van der Waals surface area contributed by atoms with E-state index in [2.05, 4.69) is 10.3 Å². The third-order valence-electron chi connectivity index (χ3n) is 3.77. The Labute approximate surface area is 142 Å². The molecule has 2 rings (SSSR count). The summed E-state index contributed by atoms with van der Waals surface area (Å²) in [5.74, 6) is -0.920. The van der Waals surface area contributed by atoms with Crippen LogP contribution in [0.2, 0.25) is 0 Å². The molecule has 0 radical (unpaired) electrons. The van der Waals surface area contributed by atoms with Crippen molar-refractivity contribution in [1.29, 1.82) is 0 Å². The number of hydrogen-bond acceptors (Lipinski definition) is 4. The SMILES string of the molecule is CN(C)C(=O)C1CCCCC1.Cc1ccc(NC(=O)C(N)=O)nc1. The highest BCUT2D eigenvalue weighted by molar-refractivity contribution is 6.38. The van der Waals surface area contributed by atoms with Crippen LogP contribution in [0.1, 0.15) is 37.7 Å². The summed E-state index contributed by atoms with van der Waals surface area (Å²) in [5, 5.41) is 2.24. The Morgan fingerprint density at radius 3 is 2.25 bits per heavy atom. The van der Waals surface area contributed by atoms with Gasteiger partial charge in [0.1, 0.15) is 5.82 Å². The molecule has 0 aliphatic heterocycles. The molecule has 0 saturated heterocycles. The van der Waals surface area contributed by atoms with Crippen LogP contribution in [0.4, 0.5) is 5.82 Å². The van der Waals surface area contributed by atoms with Gasteiger partial charge >= 0.3 is 11.8 Å². The second kappa shape index (κ2) is 9.64. The number of primary amides is 1. The van der Waals surface area contributed by atoms with E-state index >= 15 is 0 Å². The maximum Gasteiger partial charge on any atom is 0.314 e. The van der Waals surface area contributed by atoms with Crippen LogP contribution in [-0.2, 0) is 14.4 Å². The number of nitrogens with zero attached hydrogens (tertiary/aromatic N) is 2. The molecule has 7 nitrogen and oxygen atoms in total. The van der Waals surface area contributed by atoms with E-state index < -0.39 is 11.8 Å². The van der Waals surface area contributed by atoms with E-state index in [0.29, 0.717) is 17.6 Å². The number of anilines is 1. The summed E-state index contributed by atoms with van der Waals surface area (Å²) >= 11 is 0. The number of pyridine rings is 1. The molecule has 1 aliphatic carbocycles. The molecule has 0 unspecified atom stereocenters. The molecule has 132 valence electrons. The van der Waals surface area contributed by atoms with Gasteiger partial charge < -0.3 is 16.0 Å². The average molecular weight is 334 g/mol. The quantitative estimate of drug-likeness (QED) is 0.799. The monoisotopic (exact) mass is 334 g/mol. The number of aryl methyl sites for hydroxylation is 1. The second-order valence-corrected chi connectivity index (χ2v) is 6.11. The Morgan fingerprint density at radius 1 is 1.17 bits per heavy atom. The minimum atomic E-state index is -1.03. The summed E-state index contributed by atoms with van der Waals surface area (Å²) in [6, 6.07) is 3.36. The van der Waals surface area contributed by atoms with Crippen LogP contribution < -0.4 is 11.1 Å². The largest absolute Gasteiger partial charge is 0.361 e. The number of nitrogens with one attached hydrogen (secondary N) is 1. The van der Waals surface area contributed by atoms with Crippen molar-refractivity contribution in [2.24, 2.45) is 11.7 Å². The first kappa shape index (κ1) is 19.6. The molecule has 7 heteroatoms. The molecule has 1 aromatic rings. The maximum absolute atomic E-state index is 11.4. The van der Waals surface area contributed by atoms with Crippen LogP contribution in [-0.4, -0.2) is 41.7 Å². The Bertz CT molecular complexity index is 564. The summed E-state index contributed by atoms with van der Waals surface area (Å²) in [5.41, 5.74) is 5.70. The Kier molecular flexibility index (Phi) is 7.88. The predicted octanol–water partition coefficient (Wildman–Crippen LogP) is 1.47. The van der Waals surface area contributed by atoms with Crippen LogP contribution in [0.5, 0.6) is 0 Å². The zero-order valence-electron chi connectivity index (χ0n) is 14.5. The molecule has 0 spiro atoms. The number of hydrogen-bond donors (Lipinski definition) is 2. The number of carbonyl (C=O) groups excluding carboxylic acids is 3. The van der Waals surface area contributed by atoms with Gasteiger partial charge in [-0.3, -0.25) is 14.4 Å². The maximum atomic E-state index is 11.4. The molecule has 1 fully saturated rings. The first-order valence-electron chi connectivity index (χ1n) is 8.06. The summed E-state index contributed by atoms with van der Waals surface area (Å²) in [4.78, 5) is 38.1. The zero-order chi connectivity index (χ0) is 18.1. The fourth-order valence-electron chi connectivity index (χ4n) is 2.43. The van der Waals surface area contributed by atoms with Crippen molar-refractivity contribution in [3.05, 3.63) is 23.9 Å². The van der Waals surface area contributed by atoms with E-state index in [0.717, 1.165) is 18.4 Å². The molecule has 1 aliphatic rings. The van der Waals surface area contributed by atoms with Gasteiger partial charge in [-0.1, -0.05) is 25.3 Å². The van der Waals surface area contributed by atoms with Crippen molar-refractivity contribution < 1.29 is 14.4 Å². The van der Waals surface area contributed by atoms with E-state index in [9.17, 15) is 14.4 Å². The second-order valence-electron chi connectivity index (χ2n) is 6.11. The Morgan fingerprint density at radius 2 is 1.79 bits per heavy atom. The van der Waals surface area contributed by atoms with Crippen molar-refractivity contribution >= 4 is 23.5 Å². The van der Waals surface area contributed by atoms with E-state index in [1.807, 2.05) is 21.0 Å². The fraction of sp³-hybridized carbons (Fsp3) is 0.529. The highest BCUT2D eigenvalue weighted by Crippen LogP contribution is 2.24. The predicted molar refractivity (Wildman–Crippen MR) is 92.1 cm³/mol. The molecule has 3 amide bonds. The van der Waals surface area contributed by atoms with Gasteiger partial charge in [0.05, 0.1) is 0 Å². The van der Waals surface area contributed by atoms with E-state index in [1.165, 1.54) is 19.3 Å². The highest BCUT2D eigenvalue weighted by Gasteiger charge is 2.21. The lowest BCUT2D eigenvalue weighted by Crippen LogP contribution is -2.30. The zero-order valence-corrected chi connectivity index (χ0v) is 14.5. The number of nitrogens with two attached hydrogens (primary N) is 1. The van der Waals surface area contributed by atoms with Gasteiger partial charge in [0, 0.05) is 26.2 Å². The fourth-order valence-corrected chi connectivity index (χ4v) is 2.43. The van der Waals surface area contributed by atoms with Crippen molar-refractivity contribution in [3.63, 3.8) is 0 Å². The van der Waals surface area contributed by atoms with Gasteiger partial charge in [0.25, 0.3) is 0 Å². The minimum absolute atomic E-state index is 0.314. The molecular weight excluding hydrogens is 308 g/mol. The minimum Gasteiger partial charge on any atom is -0.361 e. The Balaban J connectivity index is 0.000000243. The molecule has 0 bridgehead atoms. The van der Waals surface area contributed by atoms with Gasteiger partial charge in [-0.05, 0) is 31.4 Å². The summed E-state index contributed by atoms with van der Waals surface area (Å²) < 4.78 is 0. The van der Waals surface area contributed by atoms with E-state index in [1.54, 1.807) is 23.2 Å². The first-order valence-corrected chi connectivity index (χ1v) is 8.06. The molecule has 1 heterocycles. The number of rotatable bonds is 2. The van der Waals surface area contributed by atoms with Crippen LogP contribution >= 0.6 is 0 Å². The lowest BCUT2D eigenvalue weighted by atomic mass is 9.88. The van der Waals surface area contributed by atoms with Crippen molar-refractivity contribution in [2.45, 2.75) is 39.0 Å². The first-order chi connectivity index (χ1) is 11.3. The van der Waals surface area contributed by atoms with Crippen molar-refractivity contribution in [3.8, 4) is 0 Å². The van der Waals surface area contributed by atoms with Crippen molar-refractivity contribution in [2.75, 3.05) is 19.4 Å². The van der Waals surface area contributed by atoms with Gasteiger partial charge in [-0.15, -0.1) is 0 Å². The lowest BCUT2D eigenvalue weighted by molar-refractivity contribution is -0.134. The number of amides is 3. The molecule has 1 saturated carbocycles. The van der Waals surface area contributed by atoms with Crippen LogP contribution in [0.15, 0.2) is 18.3 Å². The third kappa shape index (κ3) is 6.76. The summed E-state index contributed by atoms with van der Waals surface area (Å²) in [6.45, 7) is 1.87. The van der Waals surface area contributed by atoms with Crippen LogP contribution in [0.25, 0.3) is 0 Å². The Hall–Kier alpha value is -2.44. The highest BCUT2D eigenvalue weighted by atomic mass is 16.2. The van der Waals surface area contributed by atoms with Gasteiger partial charge in [-0.2, -0.15) is 0 Å². The normalized spacial score (nSPS) is 14.1. The number of aromatic nitrogens is 1. The lowest BCUT2D eigenvalue weighted by Gasteiger charge is -2.23. The molecule has 3 N–H and O–H groups in total. The van der Waals surface area contributed by atoms with Gasteiger partial charge in [-0.25, -0.2) is 4.98 Å². The van der Waals surface area contributed by atoms with Crippen LogP contribution in [0.3, 0.4) is 0 Å². The smallest absolute Gasteiger partial charge is 0.314 e. The van der Waals surface area contributed by atoms with E-state index in [-0.39, 0.29) is 0 Å². The van der Waals surface area contributed by atoms with Gasteiger partial charge in [0.15, 0.2) is 0 Å². The average Bonchev–Trinajstić information content (AvgIpc) is 2.57. The topological polar surface area (TPSA) is 105 Å². The summed E-state index contributed by atoms with van der Waals surface area (Å²) in [7, 11) is 3.69. The summed E-state index contributed by atoms with van der Waals surface area (Å²) in [6.07, 6.45) is 7.59. The van der Waals surface area contributed by atoms with Crippen LogP contribution in [0, 0.1) is 12.8 Å². The molecule has 0 aromatic carbocycles. The standard InChI is InChI=1S/C9H17NO.C8H9N3O2/c1-10(2)9(11)8-6-4-3-5-7-8;1-5-2-3-6(10-4-5)11-8(13)7(9)12/h8H,3-7H2,1-2H3;2-4H,1H3,(H2,9,12)(H,10,11,13). The molecule has 24 heavy (non-hydrogen) atoms. The number of carbonyl (C=O) groups is 3. The molecule has 0 atom stereocenters. The van der Waals surface area contributed by atoms with Gasteiger partial charge in [0.2, 0.25) is 5.91 Å². The molecule has 1 aromatic heterocycles. The van der Waals surface area contributed by atoms with E-state index in [4.69, 9.17) is 5.73 Å². The molecular formula is C17H26N4O3. The van der Waals surface area contributed by atoms with Crippen molar-refractivity contribution in [1.82, 2.24) is 9.88 Å². The third-order valence-corrected chi connectivity index (χ3v) is 3.77.